The van der Waals surface area contributed by atoms with Crippen LogP contribution in [0.2, 0.25) is 0 Å². The minimum absolute atomic E-state index is 0. The number of hydrogen-bond donors (Lipinski definition) is 1. The number of carbonyl (C=O) groups is 1. The SMILES string of the molecule is Nc1cc(OC(=O)[C]2[CH][CH][CH][CH]2)c2ccccc2n1.[CH]1[CH][CH][CH][CH]1.[Fe+2]. The van der Waals surface area contributed by atoms with Crippen molar-refractivity contribution in [2.24, 2.45) is 0 Å². The summed E-state index contributed by atoms with van der Waals surface area (Å²) in [5.41, 5.74) is 6.42. The van der Waals surface area contributed by atoms with Gasteiger partial charge in [0.15, 0.2) is 0 Å². The Bertz CT molecular complexity index is 688. The first-order valence-corrected chi connectivity index (χ1v) is 7.50. The molecule has 0 amide bonds. The van der Waals surface area contributed by atoms with E-state index in [1.807, 2.05) is 56.4 Å². The Morgan fingerprint density at radius 1 is 0.920 bits per heavy atom. The van der Waals surface area contributed by atoms with Crippen molar-refractivity contribution in [2.75, 3.05) is 5.73 Å². The van der Waals surface area contributed by atoms with E-state index < -0.39 is 5.97 Å². The van der Waals surface area contributed by atoms with Gasteiger partial charge in [0.05, 0.1) is 11.4 Å². The summed E-state index contributed by atoms with van der Waals surface area (Å²) in [4.78, 5) is 16.1. The van der Waals surface area contributed by atoms with Gasteiger partial charge in [0, 0.05) is 11.5 Å². The molecular formula is C20H16FeN2O2+2. The Morgan fingerprint density at radius 3 is 2.16 bits per heavy atom. The molecule has 0 saturated heterocycles. The van der Waals surface area contributed by atoms with Gasteiger partial charge in [-0.2, -0.15) is 0 Å². The molecule has 0 unspecified atom stereocenters. The van der Waals surface area contributed by atoms with E-state index in [4.69, 9.17) is 10.5 Å². The van der Waals surface area contributed by atoms with Crippen molar-refractivity contribution in [3.8, 4) is 5.75 Å². The number of rotatable bonds is 2. The number of fused-ring (bicyclic) bond motifs is 1. The molecule has 0 atom stereocenters. The quantitative estimate of drug-likeness (QED) is 0.650. The second-order valence-corrected chi connectivity index (χ2v) is 5.09. The molecule has 1 aromatic heterocycles. The summed E-state index contributed by atoms with van der Waals surface area (Å²) in [6, 6.07) is 8.95. The molecule has 4 rings (SSSR count). The summed E-state index contributed by atoms with van der Waals surface area (Å²) in [6.45, 7) is 0. The normalized spacial score (nSPS) is 16.8. The van der Waals surface area contributed by atoms with E-state index in [9.17, 15) is 4.79 Å². The molecule has 0 aliphatic heterocycles. The third kappa shape index (κ3) is 5.45. The van der Waals surface area contributed by atoms with Crippen LogP contribution >= 0.6 is 0 Å². The predicted molar refractivity (Wildman–Crippen MR) is 93.7 cm³/mol. The van der Waals surface area contributed by atoms with Crippen molar-refractivity contribution in [2.45, 2.75) is 0 Å². The zero-order chi connectivity index (χ0) is 16.8. The Morgan fingerprint density at radius 2 is 1.52 bits per heavy atom. The third-order valence-electron chi connectivity index (χ3n) is 3.35. The van der Waals surface area contributed by atoms with E-state index in [1.54, 1.807) is 31.7 Å². The maximum absolute atomic E-state index is 11.9. The second-order valence-electron chi connectivity index (χ2n) is 5.09. The van der Waals surface area contributed by atoms with Crippen LogP contribution in [0, 0.1) is 63.7 Å². The van der Waals surface area contributed by atoms with E-state index in [1.165, 1.54) is 0 Å². The van der Waals surface area contributed by atoms with Crippen molar-refractivity contribution in [3.63, 3.8) is 0 Å². The number of esters is 1. The molecule has 124 valence electrons. The first-order valence-electron chi connectivity index (χ1n) is 7.50. The van der Waals surface area contributed by atoms with Gasteiger partial charge in [0.2, 0.25) is 0 Å². The number of carbonyl (C=O) groups excluding carboxylic acids is 1. The smallest absolute Gasteiger partial charge is 0.425 e. The molecule has 5 heteroatoms. The van der Waals surface area contributed by atoms with Crippen LogP contribution in [0.5, 0.6) is 5.75 Å². The van der Waals surface area contributed by atoms with Gasteiger partial charge in [-0.1, -0.05) is 12.1 Å². The Hall–Kier alpha value is -1.58. The van der Waals surface area contributed by atoms with Crippen molar-refractivity contribution >= 4 is 22.7 Å². The van der Waals surface area contributed by atoms with Crippen molar-refractivity contribution < 1.29 is 26.6 Å². The van der Waals surface area contributed by atoms with E-state index in [2.05, 4.69) is 4.98 Å². The molecule has 2 aromatic rings. The number of nitrogens with zero attached hydrogens (tertiary/aromatic N) is 1. The topological polar surface area (TPSA) is 65.2 Å². The summed E-state index contributed by atoms with van der Waals surface area (Å²) in [7, 11) is 0. The summed E-state index contributed by atoms with van der Waals surface area (Å²) in [5.74, 6) is 0.860. The number of pyridine rings is 1. The summed E-state index contributed by atoms with van der Waals surface area (Å²) in [5, 5.41) is 0.761. The number of benzene rings is 1. The minimum atomic E-state index is -0.402. The molecule has 2 aliphatic rings. The third-order valence-corrected chi connectivity index (χ3v) is 3.35. The van der Waals surface area contributed by atoms with Crippen LogP contribution in [-0.4, -0.2) is 11.0 Å². The molecule has 1 aromatic carbocycles. The molecular weight excluding hydrogens is 356 g/mol. The van der Waals surface area contributed by atoms with Gasteiger partial charge in [-0.25, -0.2) is 4.98 Å². The van der Waals surface area contributed by atoms with E-state index in [0.717, 1.165) is 5.39 Å². The number of nitrogen functional groups attached to an aromatic ring is 1. The fourth-order valence-electron chi connectivity index (χ4n) is 2.24. The molecule has 2 fully saturated rings. The van der Waals surface area contributed by atoms with Crippen LogP contribution in [-0.2, 0) is 21.9 Å². The standard InChI is InChI=1S/C15H11N2O2.C5H5.Fe/c16-14-9-13(11-7-3-4-8-12(11)17-14)19-15(18)10-5-1-2-6-10;1-2-4-5-3-1;/h1-9H,(H2,16,17);1-5H;/q;;+2. The van der Waals surface area contributed by atoms with Gasteiger partial charge >= 0.3 is 23.0 Å². The Labute approximate surface area is 160 Å². The van der Waals surface area contributed by atoms with Gasteiger partial charge in [0.25, 0.3) is 0 Å². The molecule has 2 saturated carbocycles. The zero-order valence-electron chi connectivity index (χ0n) is 13.3. The molecule has 1 heterocycles. The number of hydrogen-bond acceptors (Lipinski definition) is 4. The number of para-hydroxylation sites is 1. The molecule has 0 bridgehead atoms. The van der Waals surface area contributed by atoms with Crippen molar-refractivity contribution in [3.05, 3.63) is 94.0 Å². The zero-order valence-corrected chi connectivity index (χ0v) is 14.4. The molecule has 0 spiro atoms. The van der Waals surface area contributed by atoms with Crippen LogP contribution in [0.4, 0.5) is 5.82 Å². The molecule has 4 nitrogen and oxygen atoms in total. The average molecular weight is 372 g/mol. The summed E-state index contributed by atoms with van der Waals surface area (Å²) < 4.78 is 5.39. The van der Waals surface area contributed by atoms with Gasteiger partial charge in [0.1, 0.15) is 11.6 Å². The van der Waals surface area contributed by atoms with Crippen LogP contribution < -0.4 is 10.5 Å². The molecule has 25 heavy (non-hydrogen) atoms. The van der Waals surface area contributed by atoms with E-state index >= 15 is 0 Å². The Kier molecular flexibility index (Phi) is 7.73. The predicted octanol–water partition coefficient (Wildman–Crippen LogP) is 3.15. The van der Waals surface area contributed by atoms with Gasteiger partial charge in [-0.05, 0) is 69.9 Å². The van der Waals surface area contributed by atoms with Crippen LogP contribution in [0.3, 0.4) is 0 Å². The number of nitrogens with two attached hydrogens (primary N) is 1. The maximum atomic E-state index is 11.9. The first-order chi connectivity index (χ1) is 11.7. The van der Waals surface area contributed by atoms with E-state index in [-0.39, 0.29) is 17.1 Å². The monoisotopic (exact) mass is 372 g/mol. The first kappa shape index (κ1) is 19.7. The Balaban J connectivity index is 0.000000325. The summed E-state index contributed by atoms with van der Waals surface area (Å²) >= 11 is 0. The van der Waals surface area contributed by atoms with Gasteiger partial charge < -0.3 is 10.5 Å². The fourth-order valence-corrected chi connectivity index (χ4v) is 2.24. The minimum Gasteiger partial charge on any atom is -0.425 e. The van der Waals surface area contributed by atoms with Crippen molar-refractivity contribution in [1.82, 2.24) is 4.98 Å². The molecule has 2 aliphatic carbocycles. The summed E-state index contributed by atoms with van der Waals surface area (Å²) in [6.07, 6.45) is 17.0. The fraction of sp³-hybridized carbons (Fsp3) is 0. The van der Waals surface area contributed by atoms with Gasteiger partial charge in [-0.15, -0.1) is 0 Å². The molecule has 10 radical (unpaired) electrons. The van der Waals surface area contributed by atoms with E-state index in [0.29, 0.717) is 23.0 Å². The molecule has 2 N–H and O–H groups in total. The largest absolute Gasteiger partial charge is 2.00 e. The van der Waals surface area contributed by atoms with Crippen LogP contribution in [0.15, 0.2) is 30.3 Å². The number of ether oxygens (including phenoxy) is 1. The average Bonchev–Trinajstić information content (AvgIpc) is 3.31. The maximum Gasteiger partial charge on any atom is 2.00 e. The van der Waals surface area contributed by atoms with Gasteiger partial charge in [-0.3, -0.25) is 4.79 Å². The van der Waals surface area contributed by atoms with Crippen LogP contribution in [0.1, 0.15) is 0 Å². The van der Waals surface area contributed by atoms with Crippen LogP contribution in [0.25, 0.3) is 10.9 Å². The second kappa shape index (κ2) is 9.79. The number of aromatic nitrogens is 1. The van der Waals surface area contributed by atoms with Crippen molar-refractivity contribution in [1.29, 1.82) is 0 Å². The number of anilines is 1.